The van der Waals surface area contributed by atoms with Crippen LogP contribution in [0.25, 0.3) is 6.08 Å². The smallest absolute Gasteiger partial charge is 0.348 e. The van der Waals surface area contributed by atoms with E-state index in [-0.39, 0.29) is 27.6 Å². The van der Waals surface area contributed by atoms with Gasteiger partial charge in [0.25, 0.3) is 0 Å². The molecular weight excluding hydrogens is 414 g/mol. The lowest BCUT2D eigenvalue weighted by Gasteiger charge is -2.10. The van der Waals surface area contributed by atoms with Gasteiger partial charge in [0.1, 0.15) is 22.0 Å². The number of carbonyl (C=O) groups is 3. The van der Waals surface area contributed by atoms with Gasteiger partial charge in [-0.25, -0.2) is 14.4 Å². The molecule has 1 aromatic heterocycles. The van der Waals surface area contributed by atoms with E-state index in [2.05, 4.69) is 0 Å². The zero-order valence-electron chi connectivity index (χ0n) is 16.8. The fourth-order valence-corrected chi connectivity index (χ4v) is 3.58. The summed E-state index contributed by atoms with van der Waals surface area (Å²) >= 11 is 0.851. The zero-order chi connectivity index (χ0) is 22.3. The molecule has 2 aromatic rings. The Hall–Kier alpha value is -3.53. The monoisotopic (exact) mass is 435 g/mol. The summed E-state index contributed by atoms with van der Waals surface area (Å²) in [5, 5.41) is 0.0601. The van der Waals surface area contributed by atoms with Crippen LogP contribution in [-0.4, -0.2) is 46.3 Å². The Morgan fingerprint density at radius 1 is 1.03 bits per heavy atom. The molecule has 10 heteroatoms. The number of nitrogens with two attached hydrogens (primary N) is 1. The van der Waals surface area contributed by atoms with Crippen LogP contribution in [0.2, 0.25) is 0 Å². The van der Waals surface area contributed by atoms with Gasteiger partial charge in [0.05, 0.1) is 28.4 Å². The van der Waals surface area contributed by atoms with Crippen LogP contribution in [0.1, 0.15) is 31.2 Å². The van der Waals surface area contributed by atoms with E-state index in [1.54, 1.807) is 18.2 Å². The average molecular weight is 435 g/mol. The maximum Gasteiger partial charge on any atom is 0.348 e. The lowest BCUT2D eigenvalue weighted by Crippen LogP contribution is -2.11. The van der Waals surface area contributed by atoms with E-state index >= 15 is 0 Å². The van der Waals surface area contributed by atoms with E-state index in [4.69, 9.17) is 29.4 Å². The Morgan fingerprint density at radius 3 is 2.33 bits per heavy atom. The predicted octanol–water partition coefficient (Wildman–Crippen LogP) is 2.68. The number of methoxy groups -OCH3 is 4. The molecule has 1 heterocycles. The standard InChI is InChI=1S/C20H21NO8S/c1-25-13-7-5-6-11(16(13)26-2)8-9-14(22)29-10-12-15(19(23)27-3)18(21)30-17(12)20(24)28-4/h5-9H,10,21H2,1-4H3/b9-8+. The topological polar surface area (TPSA) is 123 Å². The van der Waals surface area contributed by atoms with E-state index in [1.807, 2.05) is 0 Å². The van der Waals surface area contributed by atoms with Crippen LogP contribution in [0, 0.1) is 0 Å². The molecule has 30 heavy (non-hydrogen) atoms. The number of hydrogen-bond acceptors (Lipinski definition) is 10. The van der Waals surface area contributed by atoms with Crippen LogP contribution in [0.3, 0.4) is 0 Å². The number of para-hydroxylation sites is 1. The summed E-state index contributed by atoms with van der Waals surface area (Å²) in [6, 6.07) is 5.19. The number of esters is 3. The Labute approximate surface area is 176 Å². The van der Waals surface area contributed by atoms with Gasteiger partial charge in [0.2, 0.25) is 0 Å². The SMILES string of the molecule is COC(=O)c1sc(N)c(C(=O)OC)c1COC(=O)/C=C/c1cccc(OC)c1OC. The van der Waals surface area contributed by atoms with Gasteiger partial charge in [-0.05, 0) is 12.1 Å². The summed E-state index contributed by atoms with van der Waals surface area (Å²) in [6.45, 7) is -0.374. The van der Waals surface area contributed by atoms with Gasteiger partial charge in [-0.2, -0.15) is 0 Å². The minimum absolute atomic E-state index is 0.0332. The van der Waals surface area contributed by atoms with Crippen molar-refractivity contribution in [1.82, 2.24) is 0 Å². The van der Waals surface area contributed by atoms with Crippen molar-refractivity contribution in [2.75, 3.05) is 34.2 Å². The second-order valence-corrected chi connectivity index (χ2v) is 6.71. The second kappa shape index (κ2) is 10.3. The quantitative estimate of drug-likeness (QED) is 0.379. The molecule has 2 rings (SSSR count). The number of hydrogen-bond donors (Lipinski definition) is 1. The molecule has 0 aliphatic rings. The third kappa shape index (κ3) is 4.90. The van der Waals surface area contributed by atoms with Crippen molar-refractivity contribution in [3.63, 3.8) is 0 Å². The fourth-order valence-electron chi connectivity index (χ4n) is 2.60. The van der Waals surface area contributed by atoms with Crippen molar-refractivity contribution in [3.8, 4) is 11.5 Å². The van der Waals surface area contributed by atoms with Gasteiger partial charge in [-0.15, -0.1) is 11.3 Å². The maximum atomic E-state index is 12.2. The first-order chi connectivity index (χ1) is 14.4. The lowest BCUT2D eigenvalue weighted by atomic mass is 10.1. The molecule has 0 spiro atoms. The van der Waals surface area contributed by atoms with Crippen LogP contribution in [-0.2, 0) is 25.6 Å². The molecule has 0 amide bonds. The van der Waals surface area contributed by atoms with Gasteiger partial charge in [0, 0.05) is 17.2 Å². The van der Waals surface area contributed by atoms with Crippen molar-refractivity contribution in [1.29, 1.82) is 0 Å². The van der Waals surface area contributed by atoms with Crippen molar-refractivity contribution in [2.45, 2.75) is 6.61 Å². The highest BCUT2D eigenvalue weighted by Gasteiger charge is 2.27. The van der Waals surface area contributed by atoms with Crippen LogP contribution < -0.4 is 15.2 Å². The molecular formula is C20H21NO8S. The summed E-state index contributed by atoms with van der Waals surface area (Å²) < 4.78 is 25.1. The van der Waals surface area contributed by atoms with Crippen molar-refractivity contribution < 1.29 is 38.1 Å². The molecule has 0 atom stereocenters. The Morgan fingerprint density at radius 2 is 1.73 bits per heavy atom. The molecule has 1 aromatic carbocycles. The van der Waals surface area contributed by atoms with Gasteiger partial charge >= 0.3 is 17.9 Å². The largest absolute Gasteiger partial charge is 0.493 e. The molecule has 160 valence electrons. The number of nitrogen functional groups attached to an aromatic ring is 1. The number of thiophene rings is 1. The highest BCUT2D eigenvalue weighted by Crippen LogP contribution is 2.33. The van der Waals surface area contributed by atoms with Crippen molar-refractivity contribution in [2.24, 2.45) is 0 Å². The van der Waals surface area contributed by atoms with E-state index < -0.39 is 17.9 Å². The molecule has 9 nitrogen and oxygen atoms in total. The number of carbonyl (C=O) groups excluding carboxylic acids is 3. The third-order valence-electron chi connectivity index (χ3n) is 3.99. The summed E-state index contributed by atoms with van der Waals surface area (Å²) in [5.74, 6) is -1.20. The van der Waals surface area contributed by atoms with E-state index in [1.165, 1.54) is 40.6 Å². The van der Waals surface area contributed by atoms with Crippen molar-refractivity contribution in [3.05, 3.63) is 45.8 Å². The normalized spacial score (nSPS) is 10.5. The summed E-state index contributed by atoms with van der Waals surface area (Å²) in [7, 11) is 5.36. The molecule has 0 aliphatic carbocycles. The van der Waals surface area contributed by atoms with E-state index in [0.717, 1.165) is 11.3 Å². The molecule has 0 fully saturated rings. The fraction of sp³-hybridized carbons (Fsp3) is 0.250. The van der Waals surface area contributed by atoms with Crippen LogP contribution in [0.5, 0.6) is 11.5 Å². The zero-order valence-corrected chi connectivity index (χ0v) is 17.7. The molecule has 0 aliphatic heterocycles. The molecule has 0 bridgehead atoms. The molecule has 0 saturated carbocycles. The number of rotatable bonds is 8. The minimum Gasteiger partial charge on any atom is -0.493 e. The maximum absolute atomic E-state index is 12.2. The first-order valence-electron chi connectivity index (χ1n) is 8.51. The molecule has 0 unspecified atom stereocenters. The van der Waals surface area contributed by atoms with E-state index in [0.29, 0.717) is 17.1 Å². The summed E-state index contributed by atoms with van der Waals surface area (Å²) in [5.41, 5.74) is 6.53. The summed E-state index contributed by atoms with van der Waals surface area (Å²) in [6.07, 6.45) is 2.68. The Kier molecular flexibility index (Phi) is 7.82. The lowest BCUT2D eigenvalue weighted by molar-refractivity contribution is -0.138. The van der Waals surface area contributed by atoms with Crippen LogP contribution in [0.15, 0.2) is 24.3 Å². The highest BCUT2D eigenvalue weighted by atomic mass is 32.1. The molecule has 0 saturated heterocycles. The first kappa shape index (κ1) is 22.8. The van der Waals surface area contributed by atoms with Gasteiger partial charge in [-0.1, -0.05) is 12.1 Å². The number of anilines is 1. The second-order valence-electron chi connectivity index (χ2n) is 5.66. The van der Waals surface area contributed by atoms with Crippen molar-refractivity contribution >= 4 is 40.3 Å². The van der Waals surface area contributed by atoms with Gasteiger partial charge in [0.15, 0.2) is 11.5 Å². The summed E-state index contributed by atoms with van der Waals surface area (Å²) in [4.78, 5) is 36.3. The highest BCUT2D eigenvalue weighted by molar-refractivity contribution is 7.18. The average Bonchev–Trinajstić information content (AvgIpc) is 3.10. The number of benzene rings is 1. The number of ether oxygens (including phenoxy) is 5. The Balaban J connectivity index is 2.23. The van der Waals surface area contributed by atoms with Crippen LogP contribution in [0.4, 0.5) is 5.00 Å². The van der Waals surface area contributed by atoms with E-state index in [9.17, 15) is 14.4 Å². The minimum atomic E-state index is -0.749. The predicted molar refractivity (Wildman–Crippen MR) is 110 cm³/mol. The molecule has 2 N–H and O–H groups in total. The van der Waals surface area contributed by atoms with Gasteiger partial charge in [-0.3, -0.25) is 0 Å². The van der Waals surface area contributed by atoms with Crippen LogP contribution >= 0.6 is 11.3 Å². The Bertz CT molecular complexity index is 979. The van der Waals surface area contributed by atoms with Gasteiger partial charge < -0.3 is 29.4 Å². The first-order valence-corrected chi connectivity index (χ1v) is 9.33. The third-order valence-corrected chi connectivity index (χ3v) is 5.03. The molecule has 0 radical (unpaired) electrons.